The lowest BCUT2D eigenvalue weighted by Crippen LogP contribution is -2.15. The summed E-state index contributed by atoms with van der Waals surface area (Å²) in [5, 5.41) is 0.965. The molecule has 0 aliphatic rings. The van der Waals surface area contributed by atoms with Gasteiger partial charge in [0.15, 0.2) is 5.13 Å². The van der Waals surface area contributed by atoms with Crippen molar-refractivity contribution in [3.63, 3.8) is 0 Å². The Bertz CT molecular complexity index is 660. The average Bonchev–Trinajstić information content (AvgIpc) is 2.96. The fraction of sp³-hybridized carbons (Fsp3) is 0.154. The lowest BCUT2D eigenvalue weighted by Gasteiger charge is -2.13. The summed E-state index contributed by atoms with van der Waals surface area (Å²) in [4.78, 5) is 6.65. The van der Waals surface area contributed by atoms with Gasteiger partial charge in [0.1, 0.15) is 5.76 Å². The zero-order valence-corrected chi connectivity index (χ0v) is 10.8. The molecular formula is C13H13N3OS. The Hall–Kier alpha value is -2.01. The maximum Gasteiger partial charge on any atom is 0.186 e. The number of thiazole rings is 1. The molecule has 1 aromatic carbocycles. The molecule has 0 spiro atoms. The zero-order chi connectivity index (χ0) is 12.5. The van der Waals surface area contributed by atoms with E-state index >= 15 is 0 Å². The van der Waals surface area contributed by atoms with Gasteiger partial charge in [0.05, 0.1) is 23.0 Å². The Labute approximate surface area is 109 Å². The molecule has 3 rings (SSSR count). The van der Waals surface area contributed by atoms with Crippen molar-refractivity contribution >= 4 is 32.4 Å². The predicted octanol–water partition coefficient (Wildman–Crippen LogP) is 3.11. The van der Waals surface area contributed by atoms with E-state index in [4.69, 9.17) is 10.2 Å². The van der Waals surface area contributed by atoms with Gasteiger partial charge in [-0.05, 0) is 30.3 Å². The normalized spacial score (nSPS) is 10.9. The highest BCUT2D eigenvalue weighted by Gasteiger charge is 2.10. The summed E-state index contributed by atoms with van der Waals surface area (Å²) in [6.07, 6.45) is 1.68. The molecule has 4 nitrogen and oxygen atoms in total. The molecule has 2 N–H and O–H groups in total. The number of anilines is 2. The van der Waals surface area contributed by atoms with E-state index in [0.717, 1.165) is 26.8 Å². The van der Waals surface area contributed by atoms with Crippen molar-refractivity contribution in [1.82, 2.24) is 4.98 Å². The summed E-state index contributed by atoms with van der Waals surface area (Å²) in [5.41, 5.74) is 7.52. The molecule has 0 aliphatic carbocycles. The largest absolute Gasteiger partial charge is 0.467 e. The van der Waals surface area contributed by atoms with Crippen molar-refractivity contribution in [2.45, 2.75) is 6.54 Å². The molecular weight excluding hydrogens is 246 g/mol. The molecule has 0 saturated heterocycles. The number of furan rings is 1. The molecule has 0 bridgehead atoms. The quantitative estimate of drug-likeness (QED) is 0.734. The standard InChI is InChI=1S/C13H13N3OS/c1-16(8-10-3-2-6-17-10)13-15-11-5-4-9(14)7-12(11)18-13/h2-7H,8,14H2,1H3. The van der Waals surface area contributed by atoms with E-state index in [-0.39, 0.29) is 0 Å². The van der Waals surface area contributed by atoms with Gasteiger partial charge in [-0.2, -0.15) is 0 Å². The first kappa shape index (κ1) is 11.1. The number of nitrogen functional groups attached to an aromatic ring is 1. The number of nitrogens with two attached hydrogens (primary N) is 1. The van der Waals surface area contributed by atoms with Gasteiger partial charge in [0.2, 0.25) is 0 Å². The molecule has 0 atom stereocenters. The van der Waals surface area contributed by atoms with Crippen LogP contribution >= 0.6 is 11.3 Å². The third kappa shape index (κ3) is 2.04. The zero-order valence-electron chi connectivity index (χ0n) is 9.96. The monoisotopic (exact) mass is 259 g/mol. The van der Waals surface area contributed by atoms with E-state index in [2.05, 4.69) is 9.88 Å². The predicted molar refractivity (Wildman–Crippen MR) is 74.8 cm³/mol. The molecule has 0 saturated carbocycles. The van der Waals surface area contributed by atoms with Crippen LogP contribution in [0.1, 0.15) is 5.76 Å². The second-order valence-corrected chi connectivity index (χ2v) is 5.17. The molecule has 5 heteroatoms. The fourth-order valence-corrected chi connectivity index (χ4v) is 2.77. The van der Waals surface area contributed by atoms with Crippen LogP contribution in [0.4, 0.5) is 10.8 Å². The minimum atomic E-state index is 0.711. The topological polar surface area (TPSA) is 55.3 Å². The van der Waals surface area contributed by atoms with Crippen LogP contribution in [0.25, 0.3) is 10.2 Å². The number of aromatic nitrogens is 1. The molecule has 0 radical (unpaired) electrons. The summed E-state index contributed by atoms with van der Waals surface area (Å²) >= 11 is 1.63. The van der Waals surface area contributed by atoms with E-state index in [9.17, 15) is 0 Å². The fourth-order valence-electron chi connectivity index (χ4n) is 1.80. The number of nitrogens with zero attached hydrogens (tertiary/aromatic N) is 2. The Balaban J connectivity index is 1.89. The first-order valence-electron chi connectivity index (χ1n) is 5.62. The van der Waals surface area contributed by atoms with Gasteiger partial charge in [0, 0.05) is 12.7 Å². The number of hydrogen-bond donors (Lipinski definition) is 1. The maximum absolute atomic E-state index is 5.77. The van der Waals surface area contributed by atoms with Crippen molar-refractivity contribution in [3.8, 4) is 0 Å². The molecule has 2 aromatic heterocycles. The molecule has 18 heavy (non-hydrogen) atoms. The number of hydrogen-bond acceptors (Lipinski definition) is 5. The minimum absolute atomic E-state index is 0.711. The Morgan fingerprint density at radius 2 is 2.28 bits per heavy atom. The number of rotatable bonds is 3. The SMILES string of the molecule is CN(Cc1ccco1)c1nc2ccc(N)cc2s1. The average molecular weight is 259 g/mol. The summed E-state index contributed by atoms with van der Waals surface area (Å²) in [6.45, 7) is 0.711. The number of benzene rings is 1. The van der Waals surface area contributed by atoms with Crippen LogP contribution in [0.2, 0.25) is 0 Å². The highest BCUT2D eigenvalue weighted by atomic mass is 32.1. The third-order valence-corrected chi connectivity index (χ3v) is 3.83. The molecule has 3 aromatic rings. The van der Waals surface area contributed by atoms with Crippen molar-refractivity contribution in [2.75, 3.05) is 17.7 Å². The van der Waals surface area contributed by atoms with Crippen LogP contribution in [0.15, 0.2) is 41.0 Å². The van der Waals surface area contributed by atoms with E-state index in [1.54, 1.807) is 17.6 Å². The highest BCUT2D eigenvalue weighted by molar-refractivity contribution is 7.22. The first-order valence-corrected chi connectivity index (χ1v) is 6.43. The molecule has 2 heterocycles. The van der Waals surface area contributed by atoms with Gasteiger partial charge in [-0.15, -0.1) is 0 Å². The van der Waals surface area contributed by atoms with Crippen LogP contribution in [-0.2, 0) is 6.54 Å². The Morgan fingerprint density at radius 1 is 1.39 bits per heavy atom. The van der Waals surface area contributed by atoms with Gasteiger partial charge < -0.3 is 15.1 Å². The van der Waals surface area contributed by atoms with E-state index < -0.39 is 0 Å². The molecule has 0 aliphatic heterocycles. The van der Waals surface area contributed by atoms with Crippen molar-refractivity contribution in [1.29, 1.82) is 0 Å². The Morgan fingerprint density at radius 3 is 3.06 bits per heavy atom. The second-order valence-electron chi connectivity index (χ2n) is 4.16. The van der Waals surface area contributed by atoms with Crippen LogP contribution < -0.4 is 10.6 Å². The highest BCUT2D eigenvalue weighted by Crippen LogP contribution is 2.30. The third-order valence-electron chi connectivity index (χ3n) is 2.70. The van der Waals surface area contributed by atoms with Crippen molar-refractivity contribution < 1.29 is 4.42 Å². The van der Waals surface area contributed by atoms with Gasteiger partial charge in [-0.25, -0.2) is 4.98 Å². The molecule has 0 amide bonds. The number of fused-ring (bicyclic) bond motifs is 1. The summed E-state index contributed by atoms with van der Waals surface area (Å²) in [5.74, 6) is 0.927. The van der Waals surface area contributed by atoms with Crippen LogP contribution in [0, 0.1) is 0 Å². The van der Waals surface area contributed by atoms with Crippen molar-refractivity contribution in [3.05, 3.63) is 42.4 Å². The minimum Gasteiger partial charge on any atom is -0.467 e. The lowest BCUT2D eigenvalue weighted by atomic mass is 10.3. The van der Waals surface area contributed by atoms with E-state index in [1.807, 2.05) is 37.4 Å². The first-order chi connectivity index (χ1) is 8.72. The van der Waals surface area contributed by atoms with Crippen molar-refractivity contribution in [2.24, 2.45) is 0 Å². The molecule has 0 unspecified atom stereocenters. The van der Waals surface area contributed by atoms with E-state index in [0.29, 0.717) is 6.54 Å². The van der Waals surface area contributed by atoms with Gasteiger partial charge in [-0.1, -0.05) is 11.3 Å². The van der Waals surface area contributed by atoms with Gasteiger partial charge >= 0.3 is 0 Å². The van der Waals surface area contributed by atoms with Crippen LogP contribution in [0.5, 0.6) is 0 Å². The summed E-state index contributed by atoms with van der Waals surface area (Å²) in [6, 6.07) is 9.63. The summed E-state index contributed by atoms with van der Waals surface area (Å²) in [7, 11) is 2.00. The lowest BCUT2D eigenvalue weighted by molar-refractivity contribution is 0.507. The van der Waals surface area contributed by atoms with Gasteiger partial charge in [-0.3, -0.25) is 0 Å². The van der Waals surface area contributed by atoms with Crippen LogP contribution in [-0.4, -0.2) is 12.0 Å². The Kier molecular flexibility index (Phi) is 2.68. The summed E-state index contributed by atoms with van der Waals surface area (Å²) < 4.78 is 6.44. The maximum atomic E-state index is 5.77. The molecule has 92 valence electrons. The molecule has 0 fully saturated rings. The van der Waals surface area contributed by atoms with Gasteiger partial charge in [0.25, 0.3) is 0 Å². The second kappa shape index (κ2) is 4.34. The smallest absolute Gasteiger partial charge is 0.186 e. The van der Waals surface area contributed by atoms with Crippen LogP contribution in [0.3, 0.4) is 0 Å². The van der Waals surface area contributed by atoms with E-state index in [1.165, 1.54) is 0 Å².